The summed E-state index contributed by atoms with van der Waals surface area (Å²) in [6.45, 7) is 2.57. The quantitative estimate of drug-likeness (QED) is 0.674. The number of aromatic hydroxyl groups is 1. The minimum Gasteiger partial charge on any atom is -0.507 e. The van der Waals surface area contributed by atoms with Crippen molar-refractivity contribution in [1.29, 1.82) is 0 Å². The molecule has 2 rings (SSSR count). The number of phenolic OH excluding ortho intramolecular Hbond substituents is 1. The zero-order valence-corrected chi connectivity index (χ0v) is 10.9. The molecule has 3 N–H and O–H groups in total. The second kappa shape index (κ2) is 4.40. The van der Waals surface area contributed by atoms with Gasteiger partial charge in [-0.05, 0) is 19.4 Å². The van der Waals surface area contributed by atoms with Crippen LogP contribution in [0.3, 0.4) is 0 Å². The van der Waals surface area contributed by atoms with E-state index in [2.05, 4.69) is 0 Å². The molecule has 0 aliphatic carbocycles. The number of carbonyl (C=O) groups excluding carboxylic acids is 1. The third-order valence-electron chi connectivity index (χ3n) is 3.49. The van der Waals surface area contributed by atoms with Gasteiger partial charge in [0, 0.05) is 11.6 Å². The lowest BCUT2D eigenvalue weighted by molar-refractivity contribution is -0.107. The SMILES string of the molecule is COc1cc(O)c2c(c1C)C(C)(O)C(CO)OC2=O. The molecule has 1 aromatic rings. The number of esters is 1. The van der Waals surface area contributed by atoms with Crippen molar-refractivity contribution in [2.75, 3.05) is 13.7 Å². The molecule has 2 atom stereocenters. The van der Waals surface area contributed by atoms with Crippen molar-refractivity contribution in [2.45, 2.75) is 25.6 Å². The monoisotopic (exact) mass is 268 g/mol. The predicted octanol–water partition coefficient (Wildman–Crippen LogP) is 0.448. The number of hydrogen-bond acceptors (Lipinski definition) is 6. The van der Waals surface area contributed by atoms with Gasteiger partial charge in [0.25, 0.3) is 0 Å². The van der Waals surface area contributed by atoms with Gasteiger partial charge in [0.15, 0.2) is 6.10 Å². The molecule has 0 bridgehead atoms. The number of cyclic esters (lactones) is 1. The number of phenols is 1. The van der Waals surface area contributed by atoms with Crippen LogP contribution in [0.25, 0.3) is 0 Å². The van der Waals surface area contributed by atoms with Crippen LogP contribution in [0.4, 0.5) is 0 Å². The average Bonchev–Trinajstić information content (AvgIpc) is 2.35. The van der Waals surface area contributed by atoms with Crippen molar-refractivity contribution in [3.63, 3.8) is 0 Å². The van der Waals surface area contributed by atoms with Gasteiger partial charge < -0.3 is 24.8 Å². The predicted molar refractivity (Wildman–Crippen MR) is 65.3 cm³/mol. The van der Waals surface area contributed by atoms with Crippen LogP contribution in [0, 0.1) is 6.92 Å². The second-order valence-electron chi connectivity index (χ2n) is 4.70. The van der Waals surface area contributed by atoms with E-state index in [-0.39, 0.29) is 16.9 Å². The maximum Gasteiger partial charge on any atom is 0.342 e. The number of carbonyl (C=O) groups is 1. The number of rotatable bonds is 2. The first-order chi connectivity index (χ1) is 8.84. The molecule has 0 fully saturated rings. The molecule has 6 heteroatoms. The van der Waals surface area contributed by atoms with Crippen molar-refractivity contribution >= 4 is 5.97 Å². The highest BCUT2D eigenvalue weighted by atomic mass is 16.6. The molecule has 2 unspecified atom stereocenters. The minimum absolute atomic E-state index is 0.0898. The van der Waals surface area contributed by atoms with Crippen LogP contribution in [-0.4, -0.2) is 41.1 Å². The van der Waals surface area contributed by atoms with Crippen LogP contribution >= 0.6 is 0 Å². The van der Waals surface area contributed by atoms with E-state index in [1.807, 2.05) is 0 Å². The number of hydrogen-bond donors (Lipinski definition) is 3. The summed E-state index contributed by atoms with van der Waals surface area (Å²) in [6, 6.07) is 1.30. The largest absolute Gasteiger partial charge is 0.507 e. The highest BCUT2D eigenvalue weighted by molar-refractivity contribution is 5.96. The topological polar surface area (TPSA) is 96.2 Å². The number of aliphatic hydroxyl groups excluding tert-OH is 1. The maximum atomic E-state index is 11.9. The fraction of sp³-hybridized carbons (Fsp3) is 0.462. The summed E-state index contributed by atoms with van der Waals surface area (Å²) in [5.41, 5.74) is -0.947. The first-order valence-electron chi connectivity index (χ1n) is 5.79. The van der Waals surface area contributed by atoms with Crippen molar-refractivity contribution < 1.29 is 29.6 Å². The van der Waals surface area contributed by atoms with E-state index >= 15 is 0 Å². The molecule has 1 aliphatic heterocycles. The van der Waals surface area contributed by atoms with Crippen LogP contribution in [0.5, 0.6) is 11.5 Å². The molecule has 0 spiro atoms. The summed E-state index contributed by atoms with van der Waals surface area (Å²) < 4.78 is 10.1. The van der Waals surface area contributed by atoms with Crippen LogP contribution in [-0.2, 0) is 10.3 Å². The van der Waals surface area contributed by atoms with Crippen molar-refractivity contribution in [3.05, 3.63) is 22.8 Å². The third kappa shape index (κ3) is 1.84. The number of aliphatic hydroxyl groups is 2. The Labute approximate surface area is 110 Å². The van der Waals surface area contributed by atoms with Gasteiger partial charge in [-0.2, -0.15) is 0 Å². The van der Waals surface area contributed by atoms with Gasteiger partial charge in [-0.1, -0.05) is 0 Å². The van der Waals surface area contributed by atoms with Gasteiger partial charge >= 0.3 is 5.97 Å². The Kier molecular flexibility index (Phi) is 3.15. The van der Waals surface area contributed by atoms with E-state index in [0.717, 1.165) is 0 Å². The fourth-order valence-corrected chi connectivity index (χ4v) is 2.47. The molecule has 0 amide bonds. The Balaban J connectivity index is 2.79. The summed E-state index contributed by atoms with van der Waals surface area (Å²) in [5, 5.41) is 29.7. The highest BCUT2D eigenvalue weighted by Gasteiger charge is 2.46. The van der Waals surface area contributed by atoms with Crippen molar-refractivity contribution in [2.24, 2.45) is 0 Å². The molecule has 19 heavy (non-hydrogen) atoms. The summed E-state index contributed by atoms with van der Waals surface area (Å²) in [4.78, 5) is 11.9. The lowest BCUT2D eigenvalue weighted by Crippen LogP contribution is -2.47. The number of fused-ring (bicyclic) bond motifs is 1. The van der Waals surface area contributed by atoms with Gasteiger partial charge in [0.05, 0.1) is 13.7 Å². The highest BCUT2D eigenvalue weighted by Crippen LogP contribution is 2.43. The lowest BCUT2D eigenvalue weighted by Gasteiger charge is -2.38. The van der Waals surface area contributed by atoms with E-state index in [9.17, 15) is 20.1 Å². The number of methoxy groups -OCH3 is 1. The third-order valence-corrected chi connectivity index (χ3v) is 3.49. The van der Waals surface area contributed by atoms with E-state index < -0.39 is 24.3 Å². The molecule has 104 valence electrons. The Hall–Kier alpha value is -1.79. The Morgan fingerprint density at radius 3 is 2.68 bits per heavy atom. The normalized spacial score (nSPS) is 25.7. The fourth-order valence-electron chi connectivity index (χ4n) is 2.47. The molecule has 0 saturated carbocycles. The molecule has 1 aromatic carbocycles. The van der Waals surface area contributed by atoms with E-state index in [1.54, 1.807) is 6.92 Å². The van der Waals surface area contributed by atoms with E-state index in [1.165, 1.54) is 20.1 Å². The summed E-state index contributed by atoms with van der Waals surface area (Å²) >= 11 is 0. The molecular weight excluding hydrogens is 252 g/mol. The summed E-state index contributed by atoms with van der Waals surface area (Å²) in [6.07, 6.45) is -1.09. The van der Waals surface area contributed by atoms with Gasteiger partial charge in [-0.3, -0.25) is 0 Å². The standard InChI is InChI=1S/C13H16O6/c1-6-8(18-3)4-7(15)10-11(6)13(2,17)9(5-14)19-12(10)16/h4,9,14-15,17H,5H2,1-3H3. The first kappa shape index (κ1) is 13.6. The van der Waals surface area contributed by atoms with Crippen LogP contribution in [0.1, 0.15) is 28.4 Å². The Bertz CT molecular complexity index is 534. The van der Waals surface area contributed by atoms with Crippen LogP contribution < -0.4 is 4.74 Å². The Morgan fingerprint density at radius 1 is 1.53 bits per heavy atom. The van der Waals surface area contributed by atoms with Crippen LogP contribution in [0.2, 0.25) is 0 Å². The number of ether oxygens (including phenoxy) is 2. The smallest absolute Gasteiger partial charge is 0.342 e. The average molecular weight is 268 g/mol. The zero-order valence-electron chi connectivity index (χ0n) is 10.9. The molecule has 1 aliphatic rings. The van der Waals surface area contributed by atoms with Gasteiger partial charge in [-0.15, -0.1) is 0 Å². The molecule has 0 radical (unpaired) electrons. The van der Waals surface area contributed by atoms with Crippen LogP contribution in [0.15, 0.2) is 6.07 Å². The van der Waals surface area contributed by atoms with Crippen molar-refractivity contribution in [3.8, 4) is 11.5 Å². The van der Waals surface area contributed by atoms with E-state index in [4.69, 9.17) is 9.47 Å². The molecule has 0 aromatic heterocycles. The summed E-state index contributed by atoms with van der Waals surface area (Å²) in [5.74, 6) is -0.745. The first-order valence-corrected chi connectivity index (χ1v) is 5.79. The van der Waals surface area contributed by atoms with Gasteiger partial charge in [0.2, 0.25) is 0 Å². The van der Waals surface area contributed by atoms with Gasteiger partial charge in [0.1, 0.15) is 22.7 Å². The van der Waals surface area contributed by atoms with Crippen molar-refractivity contribution in [1.82, 2.24) is 0 Å². The lowest BCUT2D eigenvalue weighted by atomic mass is 9.81. The zero-order chi connectivity index (χ0) is 14.4. The summed E-state index contributed by atoms with van der Waals surface area (Å²) in [7, 11) is 1.42. The second-order valence-corrected chi connectivity index (χ2v) is 4.70. The van der Waals surface area contributed by atoms with E-state index in [0.29, 0.717) is 11.3 Å². The molecule has 1 heterocycles. The molecule has 0 saturated heterocycles. The molecular formula is C13H16O6. The van der Waals surface area contributed by atoms with Gasteiger partial charge in [-0.25, -0.2) is 4.79 Å². The minimum atomic E-state index is -1.60. The maximum absolute atomic E-state index is 11.9. The number of benzene rings is 1. The molecule has 6 nitrogen and oxygen atoms in total. The Morgan fingerprint density at radius 2 is 2.16 bits per heavy atom.